The molecule has 2 aliphatic heterocycles. The Bertz CT molecular complexity index is 723. The van der Waals surface area contributed by atoms with Crippen molar-refractivity contribution < 1.29 is 14.4 Å². The summed E-state index contributed by atoms with van der Waals surface area (Å²) < 4.78 is 0. The van der Waals surface area contributed by atoms with Crippen molar-refractivity contribution in [1.29, 1.82) is 0 Å². The molecule has 0 unspecified atom stereocenters. The Balaban J connectivity index is 1.89. The number of rotatable bonds is 3. The fourth-order valence-electron chi connectivity index (χ4n) is 4.04. The topological polar surface area (TPSA) is 86.7 Å². The normalized spacial score (nSPS) is 23.3. The van der Waals surface area contributed by atoms with Crippen LogP contribution < -0.4 is 0 Å². The summed E-state index contributed by atoms with van der Waals surface area (Å²) in [4.78, 5) is 51.5. The third-order valence-electron chi connectivity index (χ3n) is 5.35. The molecule has 0 bridgehead atoms. The number of carbonyl (C=O) groups is 3. The van der Waals surface area contributed by atoms with Crippen molar-refractivity contribution in [2.24, 2.45) is 11.3 Å². The average molecular weight is 373 g/mol. The molecule has 1 atom stereocenters. The molecule has 0 aliphatic carbocycles. The highest BCUT2D eigenvalue weighted by Crippen LogP contribution is 2.35. The molecule has 8 heteroatoms. The third kappa shape index (κ3) is 3.94. The molecule has 146 valence electrons. The van der Waals surface area contributed by atoms with Gasteiger partial charge in [-0.2, -0.15) is 0 Å². The van der Waals surface area contributed by atoms with Crippen molar-refractivity contribution in [2.45, 2.75) is 27.2 Å². The smallest absolute Gasteiger partial charge is 0.274 e. The Morgan fingerprint density at radius 3 is 2.44 bits per heavy atom. The predicted octanol–water partition coefficient (Wildman–Crippen LogP) is 0.656. The first-order valence-corrected chi connectivity index (χ1v) is 9.47. The van der Waals surface area contributed by atoms with Gasteiger partial charge in [-0.15, -0.1) is 0 Å². The second kappa shape index (κ2) is 7.62. The van der Waals surface area contributed by atoms with Gasteiger partial charge in [-0.3, -0.25) is 19.4 Å². The maximum atomic E-state index is 13.0. The maximum absolute atomic E-state index is 13.0. The lowest BCUT2D eigenvalue weighted by Crippen LogP contribution is -2.46. The van der Waals surface area contributed by atoms with Crippen LogP contribution in [0.15, 0.2) is 18.6 Å². The van der Waals surface area contributed by atoms with E-state index in [-0.39, 0.29) is 29.3 Å². The van der Waals surface area contributed by atoms with E-state index < -0.39 is 5.41 Å². The number of nitrogens with zero attached hydrogens (tertiary/aromatic N) is 5. The predicted molar refractivity (Wildman–Crippen MR) is 98.7 cm³/mol. The van der Waals surface area contributed by atoms with Crippen LogP contribution in [0.3, 0.4) is 0 Å². The number of likely N-dealkylation sites (tertiary alicyclic amines) is 1. The van der Waals surface area contributed by atoms with Crippen molar-refractivity contribution in [3.8, 4) is 0 Å². The van der Waals surface area contributed by atoms with Crippen LogP contribution in [0.4, 0.5) is 0 Å². The largest absolute Gasteiger partial charge is 0.342 e. The van der Waals surface area contributed by atoms with Gasteiger partial charge in [0.05, 0.1) is 6.20 Å². The van der Waals surface area contributed by atoms with Gasteiger partial charge in [0.15, 0.2) is 0 Å². The summed E-state index contributed by atoms with van der Waals surface area (Å²) in [6.07, 6.45) is 4.83. The van der Waals surface area contributed by atoms with Gasteiger partial charge < -0.3 is 14.7 Å². The number of carbonyl (C=O) groups excluding carboxylic acids is 3. The molecule has 0 radical (unpaired) electrons. The van der Waals surface area contributed by atoms with Crippen LogP contribution in [0.2, 0.25) is 0 Å². The zero-order valence-corrected chi connectivity index (χ0v) is 16.2. The van der Waals surface area contributed by atoms with Gasteiger partial charge in [0, 0.05) is 69.4 Å². The summed E-state index contributed by atoms with van der Waals surface area (Å²) >= 11 is 0. The summed E-state index contributed by atoms with van der Waals surface area (Å²) in [6.45, 7) is 8.73. The molecule has 3 rings (SSSR count). The van der Waals surface area contributed by atoms with Gasteiger partial charge in [0.25, 0.3) is 5.91 Å². The van der Waals surface area contributed by atoms with Crippen molar-refractivity contribution in [1.82, 2.24) is 24.7 Å². The van der Waals surface area contributed by atoms with Gasteiger partial charge in [-0.05, 0) is 6.92 Å². The highest BCUT2D eigenvalue weighted by Gasteiger charge is 2.47. The van der Waals surface area contributed by atoms with E-state index in [9.17, 15) is 14.4 Å². The molecular formula is C19H27N5O3. The summed E-state index contributed by atoms with van der Waals surface area (Å²) in [6, 6.07) is 0. The second-order valence-corrected chi connectivity index (χ2v) is 7.82. The van der Waals surface area contributed by atoms with Gasteiger partial charge >= 0.3 is 0 Å². The molecule has 2 aliphatic rings. The Morgan fingerprint density at radius 2 is 1.85 bits per heavy atom. The first-order valence-electron chi connectivity index (χ1n) is 9.47. The summed E-state index contributed by atoms with van der Waals surface area (Å²) in [7, 11) is 0. The average Bonchev–Trinajstić information content (AvgIpc) is 2.86. The Labute approximate surface area is 159 Å². The van der Waals surface area contributed by atoms with Crippen LogP contribution in [-0.2, 0) is 9.59 Å². The molecule has 27 heavy (non-hydrogen) atoms. The van der Waals surface area contributed by atoms with Gasteiger partial charge in [0.1, 0.15) is 5.69 Å². The fourth-order valence-corrected chi connectivity index (χ4v) is 4.04. The van der Waals surface area contributed by atoms with Gasteiger partial charge in [-0.1, -0.05) is 13.8 Å². The molecule has 1 aromatic rings. The number of amides is 3. The van der Waals surface area contributed by atoms with Crippen LogP contribution in [-0.4, -0.2) is 81.7 Å². The summed E-state index contributed by atoms with van der Waals surface area (Å²) in [5.41, 5.74) is -0.153. The van der Waals surface area contributed by atoms with E-state index >= 15 is 0 Å². The first kappa shape index (κ1) is 19.3. The van der Waals surface area contributed by atoms with E-state index in [0.29, 0.717) is 45.7 Å². The Kier molecular flexibility index (Phi) is 5.43. The standard InChI is InChI=1S/C19H27N5O3/c1-4-22-11-19(9-16(22)25)12-23(17(26)14(2)3)7-8-24(13-19)18(27)15-10-20-5-6-21-15/h5-6,10,14H,4,7-9,11-13H2,1-3H3/t19-/m1/s1. The summed E-state index contributed by atoms with van der Waals surface area (Å²) in [5.74, 6) is -0.179. The molecule has 2 saturated heterocycles. The van der Waals surface area contributed by atoms with Gasteiger partial charge in [-0.25, -0.2) is 4.98 Å². The van der Waals surface area contributed by atoms with E-state index in [1.807, 2.05) is 30.6 Å². The Hall–Kier alpha value is -2.51. The number of hydrogen-bond donors (Lipinski definition) is 0. The van der Waals surface area contributed by atoms with Crippen LogP contribution in [0.25, 0.3) is 0 Å². The molecular weight excluding hydrogens is 346 g/mol. The second-order valence-electron chi connectivity index (χ2n) is 7.82. The molecule has 0 aromatic carbocycles. The molecule has 0 saturated carbocycles. The van der Waals surface area contributed by atoms with Crippen LogP contribution in [0.5, 0.6) is 0 Å². The molecule has 3 amide bonds. The zero-order chi connectivity index (χ0) is 19.6. The molecule has 8 nitrogen and oxygen atoms in total. The first-order chi connectivity index (χ1) is 12.8. The minimum absolute atomic E-state index is 0.0607. The monoisotopic (exact) mass is 373 g/mol. The third-order valence-corrected chi connectivity index (χ3v) is 5.35. The summed E-state index contributed by atoms with van der Waals surface area (Å²) in [5, 5.41) is 0. The fraction of sp³-hybridized carbons (Fsp3) is 0.632. The molecule has 1 aromatic heterocycles. The minimum Gasteiger partial charge on any atom is -0.342 e. The molecule has 2 fully saturated rings. The SMILES string of the molecule is CCN1C[C@@]2(CC1=O)CN(C(=O)c1cnccn1)CCN(C(=O)C(C)C)C2. The lowest BCUT2D eigenvalue weighted by atomic mass is 9.85. The van der Waals surface area contributed by atoms with E-state index in [2.05, 4.69) is 9.97 Å². The van der Waals surface area contributed by atoms with E-state index in [4.69, 9.17) is 0 Å². The van der Waals surface area contributed by atoms with Crippen LogP contribution >= 0.6 is 0 Å². The van der Waals surface area contributed by atoms with Crippen molar-refractivity contribution in [3.05, 3.63) is 24.3 Å². The highest BCUT2D eigenvalue weighted by molar-refractivity contribution is 5.92. The lowest BCUT2D eigenvalue weighted by molar-refractivity contribution is -0.135. The van der Waals surface area contributed by atoms with Crippen molar-refractivity contribution >= 4 is 17.7 Å². The molecule has 0 N–H and O–H groups in total. The number of hydrogen-bond acceptors (Lipinski definition) is 5. The Morgan fingerprint density at radius 1 is 1.15 bits per heavy atom. The van der Waals surface area contributed by atoms with E-state index in [0.717, 1.165) is 0 Å². The molecule has 1 spiro atoms. The van der Waals surface area contributed by atoms with E-state index in [1.165, 1.54) is 18.6 Å². The van der Waals surface area contributed by atoms with Crippen molar-refractivity contribution in [2.75, 3.05) is 39.3 Å². The number of aromatic nitrogens is 2. The molecule has 3 heterocycles. The zero-order valence-electron chi connectivity index (χ0n) is 16.2. The van der Waals surface area contributed by atoms with E-state index in [1.54, 1.807) is 4.90 Å². The van der Waals surface area contributed by atoms with Crippen LogP contribution in [0.1, 0.15) is 37.7 Å². The highest BCUT2D eigenvalue weighted by atomic mass is 16.2. The van der Waals surface area contributed by atoms with Gasteiger partial charge in [0.2, 0.25) is 11.8 Å². The maximum Gasteiger partial charge on any atom is 0.274 e. The quantitative estimate of drug-likeness (QED) is 0.777. The van der Waals surface area contributed by atoms with Crippen LogP contribution in [0, 0.1) is 11.3 Å². The minimum atomic E-state index is -0.438. The lowest BCUT2D eigenvalue weighted by Gasteiger charge is -2.34. The van der Waals surface area contributed by atoms with Crippen molar-refractivity contribution in [3.63, 3.8) is 0 Å².